The second kappa shape index (κ2) is 5.50. The second-order valence-electron chi connectivity index (χ2n) is 6.63. The average molecular weight is 309 g/mol. The summed E-state index contributed by atoms with van der Waals surface area (Å²) in [4.78, 5) is 4.50. The Labute approximate surface area is 128 Å². The highest BCUT2D eigenvalue weighted by Gasteiger charge is 2.58. The van der Waals surface area contributed by atoms with Gasteiger partial charge in [0.1, 0.15) is 11.6 Å². The number of guanidine groups is 1. The third-order valence-corrected chi connectivity index (χ3v) is 4.74. The highest BCUT2D eigenvalue weighted by Crippen LogP contribution is 2.53. The minimum Gasteiger partial charge on any atom is -0.377 e. The van der Waals surface area contributed by atoms with Crippen LogP contribution >= 0.6 is 0 Å². The van der Waals surface area contributed by atoms with Crippen LogP contribution in [0.15, 0.2) is 23.2 Å². The number of anilines is 1. The van der Waals surface area contributed by atoms with E-state index < -0.39 is 11.6 Å². The van der Waals surface area contributed by atoms with Gasteiger partial charge in [0.05, 0.1) is 17.8 Å². The molecule has 1 aromatic rings. The van der Waals surface area contributed by atoms with Crippen molar-refractivity contribution >= 4 is 11.6 Å². The summed E-state index contributed by atoms with van der Waals surface area (Å²) in [6.45, 7) is 5.00. The van der Waals surface area contributed by atoms with Crippen LogP contribution in [0.4, 0.5) is 14.5 Å². The number of ether oxygens (including phenoxy) is 1. The van der Waals surface area contributed by atoms with Crippen LogP contribution in [0.5, 0.6) is 0 Å². The Balaban J connectivity index is 1.75. The van der Waals surface area contributed by atoms with Crippen LogP contribution in [0.2, 0.25) is 0 Å². The van der Waals surface area contributed by atoms with Crippen LogP contribution in [0.25, 0.3) is 0 Å². The molecule has 1 aromatic carbocycles. The highest BCUT2D eigenvalue weighted by atomic mass is 19.1. The summed E-state index contributed by atoms with van der Waals surface area (Å²) in [7, 11) is 0. The number of aliphatic imine (C=N–C) groups is 1. The summed E-state index contributed by atoms with van der Waals surface area (Å²) < 4.78 is 32.6. The molecule has 1 saturated heterocycles. The van der Waals surface area contributed by atoms with Crippen molar-refractivity contribution in [2.45, 2.75) is 38.8 Å². The largest absolute Gasteiger partial charge is 0.377 e. The van der Waals surface area contributed by atoms with Gasteiger partial charge >= 0.3 is 0 Å². The first-order valence-electron chi connectivity index (χ1n) is 7.56. The normalized spacial score (nSPS) is 30.4. The number of rotatable bonds is 2. The van der Waals surface area contributed by atoms with E-state index in [1.54, 1.807) is 0 Å². The Morgan fingerprint density at radius 3 is 2.95 bits per heavy atom. The molecule has 4 nitrogen and oxygen atoms in total. The van der Waals surface area contributed by atoms with Crippen molar-refractivity contribution in [1.82, 2.24) is 0 Å². The summed E-state index contributed by atoms with van der Waals surface area (Å²) in [5.41, 5.74) is 5.78. The number of benzene rings is 1. The third-order valence-electron chi connectivity index (χ3n) is 4.74. The maximum atomic E-state index is 13.6. The first kappa shape index (κ1) is 15.2. The van der Waals surface area contributed by atoms with Crippen LogP contribution in [0.3, 0.4) is 0 Å². The maximum absolute atomic E-state index is 13.6. The van der Waals surface area contributed by atoms with E-state index in [4.69, 9.17) is 10.5 Å². The predicted molar refractivity (Wildman–Crippen MR) is 81.6 cm³/mol. The van der Waals surface area contributed by atoms with Crippen LogP contribution in [-0.2, 0) is 4.74 Å². The monoisotopic (exact) mass is 309 g/mol. The van der Waals surface area contributed by atoms with Gasteiger partial charge in [-0.1, -0.05) is 13.8 Å². The molecular weight excluding hydrogens is 288 g/mol. The van der Waals surface area contributed by atoms with Crippen molar-refractivity contribution in [3.8, 4) is 0 Å². The van der Waals surface area contributed by atoms with Gasteiger partial charge in [-0.25, -0.2) is 13.8 Å². The number of nitrogens with one attached hydrogen (secondary N) is 1. The SMILES string of the molecule is CC1(C)C(N=C(N)Nc2cc(F)ccc2F)C2CCCOC21. The molecule has 3 N–H and O–H groups in total. The van der Waals surface area contributed by atoms with Gasteiger partial charge in [0, 0.05) is 24.0 Å². The number of nitrogens with zero attached hydrogens (tertiary/aromatic N) is 1. The fraction of sp³-hybridized carbons (Fsp3) is 0.562. The number of halogens is 2. The molecule has 1 saturated carbocycles. The van der Waals surface area contributed by atoms with Crippen LogP contribution in [0, 0.1) is 23.0 Å². The summed E-state index contributed by atoms with van der Waals surface area (Å²) in [6.07, 6.45) is 2.28. The maximum Gasteiger partial charge on any atom is 0.193 e. The quantitative estimate of drug-likeness (QED) is 0.652. The standard InChI is InChI=1S/C16H21F2N3O/c1-16(2)13(10-4-3-7-22-14(10)16)21-15(19)20-12-8-9(17)5-6-11(12)18/h5-6,8,10,13-14H,3-4,7H2,1-2H3,(H3,19,20,21). The third kappa shape index (κ3) is 2.56. The molecule has 3 atom stereocenters. The van der Waals surface area contributed by atoms with Gasteiger partial charge in [0.15, 0.2) is 5.96 Å². The lowest BCUT2D eigenvalue weighted by Crippen LogP contribution is -2.64. The molecule has 2 fully saturated rings. The van der Waals surface area contributed by atoms with Crippen LogP contribution in [-0.4, -0.2) is 24.7 Å². The Morgan fingerprint density at radius 2 is 2.18 bits per heavy atom. The van der Waals surface area contributed by atoms with Gasteiger partial charge < -0.3 is 15.8 Å². The van der Waals surface area contributed by atoms with Crippen molar-refractivity contribution in [3.05, 3.63) is 29.8 Å². The zero-order chi connectivity index (χ0) is 15.9. The van der Waals surface area contributed by atoms with E-state index in [0.29, 0.717) is 5.92 Å². The Morgan fingerprint density at radius 1 is 1.41 bits per heavy atom. The molecule has 1 aliphatic heterocycles. The molecule has 3 unspecified atom stereocenters. The number of hydrogen-bond acceptors (Lipinski definition) is 2. The van der Waals surface area contributed by atoms with Crippen molar-refractivity contribution in [1.29, 1.82) is 0 Å². The zero-order valence-electron chi connectivity index (χ0n) is 12.8. The molecule has 3 rings (SSSR count). The summed E-state index contributed by atoms with van der Waals surface area (Å²) >= 11 is 0. The van der Waals surface area contributed by atoms with E-state index in [1.807, 2.05) is 0 Å². The molecule has 22 heavy (non-hydrogen) atoms. The number of hydrogen-bond donors (Lipinski definition) is 2. The molecule has 120 valence electrons. The van der Waals surface area contributed by atoms with E-state index in [-0.39, 0.29) is 29.2 Å². The highest BCUT2D eigenvalue weighted by molar-refractivity contribution is 5.92. The molecule has 6 heteroatoms. The molecule has 1 aliphatic carbocycles. The summed E-state index contributed by atoms with van der Waals surface area (Å²) in [5.74, 6) is -0.638. The Kier molecular flexibility index (Phi) is 3.80. The smallest absolute Gasteiger partial charge is 0.193 e. The van der Waals surface area contributed by atoms with Crippen molar-refractivity contribution in [2.24, 2.45) is 22.1 Å². The average Bonchev–Trinajstić information content (AvgIpc) is 2.49. The minimum absolute atomic E-state index is 0.00479. The van der Waals surface area contributed by atoms with Gasteiger partial charge in [-0.05, 0) is 25.0 Å². The lowest BCUT2D eigenvalue weighted by molar-refractivity contribution is -0.182. The fourth-order valence-corrected chi connectivity index (χ4v) is 3.67. The first-order valence-corrected chi connectivity index (χ1v) is 7.56. The van der Waals surface area contributed by atoms with Gasteiger partial charge in [-0.15, -0.1) is 0 Å². The zero-order valence-corrected chi connectivity index (χ0v) is 12.8. The molecular formula is C16H21F2N3O. The Hall–Kier alpha value is -1.69. The van der Waals surface area contributed by atoms with Gasteiger partial charge in [-0.3, -0.25) is 0 Å². The van der Waals surface area contributed by atoms with E-state index in [0.717, 1.165) is 37.6 Å². The summed E-state index contributed by atoms with van der Waals surface area (Å²) in [5, 5.41) is 2.66. The number of fused-ring (bicyclic) bond motifs is 1. The summed E-state index contributed by atoms with van der Waals surface area (Å²) in [6, 6.07) is 3.22. The fourth-order valence-electron chi connectivity index (χ4n) is 3.67. The second-order valence-corrected chi connectivity index (χ2v) is 6.63. The topological polar surface area (TPSA) is 59.6 Å². The van der Waals surface area contributed by atoms with Crippen LogP contribution in [0.1, 0.15) is 26.7 Å². The van der Waals surface area contributed by atoms with Gasteiger partial charge in [-0.2, -0.15) is 0 Å². The van der Waals surface area contributed by atoms with Crippen molar-refractivity contribution < 1.29 is 13.5 Å². The van der Waals surface area contributed by atoms with E-state index in [1.165, 1.54) is 0 Å². The van der Waals surface area contributed by atoms with E-state index in [9.17, 15) is 8.78 Å². The van der Waals surface area contributed by atoms with E-state index in [2.05, 4.69) is 24.2 Å². The number of nitrogens with two attached hydrogens (primary N) is 1. The lowest BCUT2D eigenvalue weighted by Gasteiger charge is -2.58. The minimum atomic E-state index is -0.564. The van der Waals surface area contributed by atoms with Crippen molar-refractivity contribution in [3.63, 3.8) is 0 Å². The molecule has 1 heterocycles. The van der Waals surface area contributed by atoms with Crippen molar-refractivity contribution in [2.75, 3.05) is 11.9 Å². The van der Waals surface area contributed by atoms with E-state index >= 15 is 0 Å². The molecule has 2 aliphatic rings. The molecule has 0 bridgehead atoms. The van der Waals surface area contributed by atoms with Gasteiger partial charge in [0.25, 0.3) is 0 Å². The first-order chi connectivity index (χ1) is 10.4. The molecule has 0 radical (unpaired) electrons. The molecule has 0 aromatic heterocycles. The predicted octanol–water partition coefficient (Wildman–Crippen LogP) is 2.90. The Bertz CT molecular complexity index is 603. The lowest BCUT2D eigenvalue weighted by atomic mass is 9.55. The molecule has 0 amide bonds. The van der Waals surface area contributed by atoms with Gasteiger partial charge in [0.2, 0.25) is 0 Å². The van der Waals surface area contributed by atoms with Crippen LogP contribution < -0.4 is 11.1 Å². The molecule has 0 spiro atoms.